The number of nitrogens with two attached hydrogens (primary N) is 1. The highest BCUT2D eigenvalue weighted by molar-refractivity contribution is 5.78. The van der Waals surface area contributed by atoms with Gasteiger partial charge in [0, 0.05) is 17.9 Å². The molecule has 0 spiro atoms. The molecule has 1 aromatic rings. The lowest BCUT2D eigenvalue weighted by atomic mass is 10.2. The molecule has 0 aliphatic heterocycles. The summed E-state index contributed by atoms with van der Waals surface area (Å²) in [5.41, 5.74) is 7.96. The smallest absolute Gasteiger partial charge is 0.189 e. The number of guanidine groups is 1. The molecule has 0 bridgehead atoms. The average molecular weight is 232 g/mol. The van der Waals surface area contributed by atoms with E-state index in [1.54, 1.807) is 0 Å². The predicted octanol–water partition coefficient (Wildman–Crippen LogP) is 1.74. The van der Waals surface area contributed by atoms with E-state index in [1.807, 2.05) is 25.3 Å². The van der Waals surface area contributed by atoms with Crippen LogP contribution in [-0.2, 0) is 6.54 Å². The number of rotatable bonds is 3. The molecule has 1 aliphatic carbocycles. The molecule has 1 saturated carbocycles. The van der Waals surface area contributed by atoms with Crippen LogP contribution >= 0.6 is 0 Å². The molecule has 4 heteroatoms. The van der Waals surface area contributed by atoms with E-state index in [0.717, 1.165) is 11.3 Å². The molecule has 3 N–H and O–H groups in total. The van der Waals surface area contributed by atoms with Crippen molar-refractivity contribution in [2.75, 3.05) is 0 Å². The van der Waals surface area contributed by atoms with Crippen LogP contribution in [0.4, 0.5) is 0 Å². The van der Waals surface area contributed by atoms with Crippen molar-refractivity contribution in [3.63, 3.8) is 0 Å². The zero-order chi connectivity index (χ0) is 12.1. The van der Waals surface area contributed by atoms with Gasteiger partial charge in [0.2, 0.25) is 0 Å². The molecule has 1 heterocycles. The fourth-order valence-corrected chi connectivity index (χ4v) is 2.09. The van der Waals surface area contributed by atoms with Gasteiger partial charge in [0.05, 0.1) is 6.54 Å². The summed E-state index contributed by atoms with van der Waals surface area (Å²) >= 11 is 0. The summed E-state index contributed by atoms with van der Waals surface area (Å²) in [5.74, 6) is 0.553. The van der Waals surface area contributed by atoms with Crippen LogP contribution in [0.25, 0.3) is 0 Å². The second kappa shape index (κ2) is 5.66. The lowest BCUT2D eigenvalue weighted by Gasteiger charge is -2.12. The first kappa shape index (κ1) is 11.9. The number of aromatic nitrogens is 1. The van der Waals surface area contributed by atoms with E-state index in [0.29, 0.717) is 18.5 Å². The monoisotopic (exact) mass is 232 g/mol. The fraction of sp³-hybridized carbons (Fsp3) is 0.538. The van der Waals surface area contributed by atoms with E-state index in [2.05, 4.69) is 15.3 Å². The van der Waals surface area contributed by atoms with E-state index < -0.39 is 0 Å². The van der Waals surface area contributed by atoms with Gasteiger partial charge in [-0.05, 0) is 31.4 Å². The Morgan fingerprint density at radius 3 is 2.88 bits per heavy atom. The molecule has 1 aliphatic rings. The zero-order valence-electron chi connectivity index (χ0n) is 10.3. The average Bonchev–Trinajstić information content (AvgIpc) is 2.81. The van der Waals surface area contributed by atoms with Gasteiger partial charge < -0.3 is 11.1 Å². The van der Waals surface area contributed by atoms with Crippen LogP contribution in [0.5, 0.6) is 0 Å². The summed E-state index contributed by atoms with van der Waals surface area (Å²) in [5, 5.41) is 3.27. The minimum Gasteiger partial charge on any atom is -0.370 e. The molecule has 92 valence electrons. The van der Waals surface area contributed by atoms with E-state index in [4.69, 9.17) is 5.73 Å². The van der Waals surface area contributed by atoms with Gasteiger partial charge in [0.1, 0.15) is 0 Å². The van der Waals surface area contributed by atoms with Gasteiger partial charge in [0.25, 0.3) is 0 Å². The van der Waals surface area contributed by atoms with Crippen molar-refractivity contribution in [1.29, 1.82) is 0 Å². The molecule has 1 aromatic heterocycles. The van der Waals surface area contributed by atoms with Crippen LogP contribution in [0, 0.1) is 6.92 Å². The van der Waals surface area contributed by atoms with Crippen molar-refractivity contribution in [1.82, 2.24) is 10.3 Å². The Morgan fingerprint density at radius 2 is 2.24 bits per heavy atom. The van der Waals surface area contributed by atoms with Crippen molar-refractivity contribution >= 4 is 5.96 Å². The predicted molar refractivity (Wildman–Crippen MR) is 69.7 cm³/mol. The van der Waals surface area contributed by atoms with Crippen molar-refractivity contribution in [2.45, 2.75) is 45.2 Å². The summed E-state index contributed by atoms with van der Waals surface area (Å²) < 4.78 is 0. The van der Waals surface area contributed by atoms with E-state index >= 15 is 0 Å². The van der Waals surface area contributed by atoms with Crippen molar-refractivity contribution < 1.29 is 0 Å². The lowest BCUT2D eigenvalue weighted by Crippen LogP contribution is -2.38. The highest BCUT2D eigenvalue weighted by Gasteiger charge is 2.14. The largest absolute Gasteiger partial charge is 0.370 e. The first-order valence-corrected chi connectivity index (χ1v) is 6.22. The second-order valence-electron chi connectivity index (χ2n) is 4.64. The first-order chi connectivity index (χ1) is 8.24. The summed E-state index contributed by atoms with van der Waals surface area (Å²) in [4.78, 5) is 8.56. The normalized spacial score (nSPS) is 17.4. The Bertz CT molecular complexity index is 377. The van der Waals surface area contributed by atoms with Gasteiger partial charge in [-0.15, -0.1) is 0 Å². The highest BCUT2D eigenvalue weighted by Crippen LogP contribution is 2.17. The van der Waals surface area contributed by atoms with Crippen LogP contribution < -0.4 is 11.1 Å². The molecule has 0 radical (unpaired) electrons. The Kier molecular flexibility index (Phi) is 3.96. The number of nitrogens with zero attached hydrogens (tertiary/aromatic N) is 2. The lowest BCUT2D eigenvalue weighted by molar-refractivity contribution is 0.625. The minimum absolute atomic E-state index is 0.523. The second-order valence-corrected chi connectivity index (χ2v) is 4.64. The SMILES string of the molecule is Cc1ccc(CN=C(N)NC2CCCC2)cn1. The molecule has 1 fully saturated rings. The van der Waals surface area contributed by atoms with E-state index in [9.17, 15) is 0 Å². The number of aliphatic imine (C=N–C) groups is 1. The number of aryl methyl sites for hydroxylation is 1. The van der Waals surface area contributed by atoms with Crippen LogP contribution in [0.2, 0.25) is 0 Å². The van der Waals surface area contributed by atoms with Gasteiger partial charge in [0.15, 0.2) is 5.96 Å². The number of nitrogens with one attached hydrogen (secondary N) is 1. The fourth-order valence-electron chi connectivity index (χ4n) is 2.09. The van der Waals surface area contributed by atoms with Crippen molar-refractivity contribution in [3.8, 4) is 0 Å². The molecule has 0 saturated heterocycles. The Labute approximate surface area is 102 Å². The molecule has 4 nitrogen and oxygen atoms in total. The summed E-state index contributed by atoms with van der Waals surface area (Å²) in [6, 6.07) is 4.55. The Hall–Kier alpha value is -1.58. The molecule has 0 unspecified atom stereocenters. The maximum atomic E-state index is 5.85. The third-order valence-electron chi connectivity index (χ3n) is 3.11. The van der Waals surface area contributed by atoms with Gasteiger partial charge in [-0.2, -0.15) is 0 Å². The minimum atomic E-state index is 0.523. The number of pyridine rings is 1. The third-order valence-corrected chi connectivity index (χ3v) is 3.11. The van der Waals surface area contributed by atoms with Crippen molar-refractivity contribution in [2.24, 2.45) is 10.7 Å². The zero-order valence-corrected chi connectivity index (χ0v) is 10.3. The van der Waals surface area contributed by atoms with Crippen LogP contribution in [0.1, 0.15) is 36.9 Å². The molecule has 0 atom stereocenters. The molecular formula is C13H20N4. The highest BCUT2D eigenvalue weighted by atomic mass is 15.1. The molecule has 0 aromatic carbocycles. The summed E-state index contributed by atoms with van der Waals surface area (Å²) in [7, 11) is 0. The van der Waals surface area contributed by atoms with Crippen molar-refractivity contribution in [3.05, 3.63) is 29.6 Å². The maximum Gasteiger partial charge on any atom is 0.189 e. The summed E-state index contributed by atoms with van der Waals surface area (Å²) in [6.45, 7) is 2.57. The third kappa shape index (κ3) is 3.73. The van der Waals surface area contributed by atoms with Crippen LogP contribution in [0.15, 0.2) is 23.3 Å². The molecule has 17 heavy (non-hydrogen) atoms. The topological polar surface area (TPSA) is 63.3 Å². The summed E-state index contributed by atoms with van der Waals surface area (Å²) in [6.07, 6.45) is 6.87. The van der Waals surface area contributed by atoms with Gasteiger partial charge >= 0.3 is 0 Å². The maximum absolute atomic E-state index is 5.85. The van der Waals surface area contributed by atoms with Gasteiger partial charge in [-0.1, -0.05) is 18.9 Å². The van der Waals surface area contributed by atoms with E-state index in [1.165, 1.54) is 25.7 Å². The van der Waals surface area contributed by atoms with Gasteiger partial charge in [-0.25, -0.2) is 4.99 Å². The molecular weight excluding hydrogens is 212 g/mol. The van der Waals surface area contributed by atoms with Crippen LogP contribution in [-0.4, -0.2) is 17.0 Å². The first-order valence-electron chi connectivity index (χ1n) is 6.22. The van der Waals surface area contributed by atoms with Gasteiger partial charge in [-0.3, -0.25) is 4.98 Å². The number of hydrogen-bond acceptors (Lipinski definition) is 2. The molecule has 0 amide bonds. The standard InChI is InChI=1S/C13H20N4/c1-10-6-7-11(8-15-10)9-16-13(14)17-12-4-2-3-5-12/h6-8,12H,2-5,9H2,1H3,(H3,14,16,17). The quantitative estimate of drug-likeness (QED) is 0.616. The van der Waals surface area contributed by atoms with Crippen LogP contribution in [0.3, 0.4) is 0 Å². The Balaban J connectivity index is 1.84. The number of hydrogen-bond donors (Lipinski definition) is 2. The van der Waals surface area contributed by atoms with E-state index in [-0.39, 0.29) is 0 Å². The molecule has 2 rings (SSSR count). The Morgan fingerprint density at radius 1 is 1.47 bits per heavy atom.